The molecule has 0 saturated carbocycles. The molecule has 0 atom stereocenters. The second-order valence-electron chi connectivity index (χ2n) is 5.13. The molecule has 1 aromatic carbocycles. The zero-order valence-electron chi connectivity index (χ0n) is 12.0. The molecule has 0 spiro atoms. The van der Waals surface area contributed by atoms with Gasteiger partial charge in [-0.15, -0.1) is 0 Å². The first kappa shape index (κ1) is 14.0. The number of rotatable bonds is 5. The van der Waals surface area contributed by atoms with Gasteiger partial charge in [0.2, 0.25) is 5.95 Å². The smallest absolute Gasteiger partial charge is 0.222 e. The Morgan fingerprint density at radius 2 is 1.67 bits per heavy atom. The highest BCUT2D eigenvalue weighted by Crippen LogP contribution is 2.10. The van der Waals surface area contributed by atoms with Gasteiger partial charge in [-0.25, -0.2) is 9.97 Å². The molecule has 0 radical (unpaired) electrons. The first-order valence-corrected chi connectivity index (χ1v) is 7.29. The molecule has 2 heterocycles. The number of benzene rings is 1. The standard InChI is InChI=1S/C16H20N4O/c1-6-17-16(18-7-1)19-12-14-2-4-15(5-3-14)13-20-8-10-21-11-9-20/h1-7H,8-13H2,(H,17,18,19). The van der Waals surface area contributed by atoms with E-state index in [1.807, 2.05) is 6.07 Å². The molecule has 0 aliphatic carbocycles. The van der Waals surface area contributed by atoms with E-state index >= 15 is 0 Å². The Morgan fingerprint density at radius 1 is 1.00 bits per heavy atom. The molecule has 2 aromatic rings. The van der Waals surface area contributed by atoms with Crippen LogP contribution in [-0.2, 0) is 17.8 Å². The van der Waals surface area contributed by atoms with Crippen LogP contribution in [0.3, 0.4) is 0 Å². The van der Waals surface area contributed by atoms with Gasteiger partial charge in [0.1, 0.15) is 0 Å². The van der Waals surface area contributed by atoms with Crippen LogP contribution < -0.4 is 5.32 Å². The van der Waals surface area contributed by atoms with Gasteiger partial charge in [0.05, 0.1) is 13.2 Å². The molecule has 1 N–H and O–H groups in total. The summed E-state index contributed by atoms with van der Waals surface area (Å²) in [5.74, 6) is 0.662. The first-order valence-electron chi connectivity index (χ1n) is 7.29. The lowest BCUT2D eigenvalue weighted by molar-refractivity contribution is 0.0342. The van der Waals surface area contributed by atoms with Crippen LogP contribution in [0.1, 0.15) is 11.1 Å². The van der Waals surface area contributed by atoms with Crippen molar-refractivity contribution in [3.05, 3.63) is 53.9 Å². The monoisotopic (exact) mass is 284 g/mol. The van der Waals surface area contributed by atoms with Crippen LogP contribution in [0.4, 0.5) is 5.95 Å². The molecule has 1 aliphatic rings. The van der Waals surface area contributed by atoms with E-state index in [0.717, 1.165) is 39.4 Å². The van der Waals surface area contributed by atoms with Gasteiger partial charge in [-0.3, -0.25) is 4.90 Å². The van der Waals surface area contributed by atoms with Gasteiger partial charge >= 0.3 is 0 Å². The van der Waals surface area contributed by atoms with Crippen LogP contribution in [0.5, 0.6) is 0 Å². The summed E-state index contributed by atoms with van der Waals surface area (Å²) in [7, 11) is 0. The van der Waals surface area contributed by atoms with E-state index in [0.29, 0.717) is 5.95 Å². The van der Waals surface area contributed by atoms with E-state index in [1.54, 1.807) is 12.4 Å². The van der Waals surface area contributed by atoms with E-state index < -0.39 is 0 Å². The maximum absolute atomic E-state index is 5.37. The zero-order chi connectivity index (χ0) is 14.3. The van der Waals surface area contributed by atoms with E-state index in [4.69, 9.17) is 4.74 Å². The number of nitrogens with one attached hydrogen (secondary N) is 1. The summed E-state index contributed by atoms with van der Waals surface area (Å²) in [6.07, 6.45) is 3.47. The van der Waals surface area contributed by atoms with Gasteiger partial charge in [0, 0.05) is 38.6 Å². The summed E-state index contributed by atoms with van der Waals surface area (Å²) in [6, 6.07) is 10.5. The van der Waals surface area contributed by atoms with Gasteiger partial charge in [-0.1, -0.05) is 24.3 Å². The van der Waals surface area contributed by atoms with Crippen LogP contribution in [0.2, 0.25) is 0 Å². The minimum Gasteiger partial charge on any atom is -0.379 e. The Balaban J connectivity index is 1.51. The number of morpholine rings is 1. The Labute approximate surface area is 125 Å². The highest BCUT2D eigenvalue weighted by atomic mass is 16.5. The second kappa shape index (κ2) is 7.15. The summed E-state index contributed by atoms with van der Waals surface area (Å²) in [4.78, 5) is 10.7. The lowest BCUT2D eigenvalue weighted by Gasteiger charge is -2.26. The third-order valence-electron chi connectivity index (χ3n) is 3.55. The average Bonchev–Trinajstić information content (AvgIpc) is 2.56. The minimum absolute atomic E-state index is 0.662. The van der Waals surface area contributed by atoms with E-state index in [-0.39, 0.29) is 0 Å². The van der Waals surface area contributed by atoms with Crippen LogP contribution in [-0.4, -0.2) is 41.2 Å². The number of anilines is 1. The van der Waals surface area contributed by atoms with Gasteiger partial charge in [0.25, 0.3) is 0 Å². The van der Waals surface area contributed by atoms with Crippen LogP contribution >= 0.6 is 0 Å². The van der Waals surface area contributed by atoms with Crippen molar-refractivity contribution in [2.24, 2.45) is 0 Å². The number of nitrogens with zero attached hydrogens (tertiary/aromatic N) is 3. The van der Waals surface area contributed by atoms with Crippen molar-refractivity contribution in [1.29, 1.82) is 0 Å². The topological polar surface area (TPSA) is 50.3 Å². The highest BCUT2D eigenvalue weighted by Gasteiger charge is 2.10. The van der Waals surface area contributed by atoms with Crippen LogP contribution in [0.25, 0.3) is 0 Å². The lowest BCUT2D eigenvalue weighted by atomic mass is 10.1. The molecular weight excluding hydrogens is 264 g/mol. The maximum atomic E-state index is 5.37. The van der Waals surface area contributed by atoms with Crippen molar-refractivity contribution in [2.45, 2.75) is 13.1 Å². The predicted octanol–water partition coefficient (Wildman–Crippen LogP) is 1.92. The van der Waals surface area contributed by atoms with Crippen molar-refractivity contribution in [1.82, 2.24) is 14.9 Å². The lowest BCUT2D eigenvalue weighted by Crippen LogP contribution is -2.35. The van der Waals surface area contributed by atoms with Crippen molar-refractivity contribution in [3.8, 4) is 0 Å². The Morgan fingerprint density at radius 3 is 2.38 bits per heavy atom. The molecular formula is C16H20N4O. The van der Waals surface area contributed by atoms with Gasteiger partial charge < -0.3 is 10.1 Å². The van der Waals surface area contributed by atoms with Crippen LogP contribution in [0.15, 0.2) is 42.7 Å². The Kier molecular flexibility index (Phi) is 4.76. The summed E-state index contributed by atoms with van der Waals surface area (Å²) in [5, 5.41) is 3.21. The molecule has 5 nitrogen and oxygen atoms in total. The fourth-order valence-electron chi connectivity index (χ4n) is 2.35. The summed E-state index contributed by atoms with van der Waals surface area (Å²) >= 11 is 0. The Bertz CT molecular complexity index is 538. The predicted molar refractivity (Wildman–Crippen MR) is 81.9 cm³/mol. The van der Waals surface area contributed by atoms with Crippen LogP contribution in [0, 0.1) is 0 Å². The molecule has 3 rings (SSSR count). The third-order valence-corrected chi connectivity index (χ3v) is 3.55. The molecule has 0 bridgehead atoms. The molecule has 0 amide bonds. The fourth-order valence-corrected chi connectivity index (χ4v) is 2.35. The molecule has 1 fully saturated rings. The molecule has 110 valence electrons. The van der Waals surface area contributed by atoms with Crippen molar-refractivity contribution in [3.63, 3.8) is 0 Å². The molecule has 0 unspecified atom stereocenters. The fraction of sp³-hybridized carbons (Fsp3) is 0.375. The van der Waals surface area contributed by atoms with E-state index in [2.05, 4.69) is 44.5 Å². The van der Waals surface area contributed by atoms with Gasteiger partial charge in [0.15, 0.2) is 0 Å². The van der Waals surface area contributed by atoms with Gasteiger partial charge in [-0.05, 0) is 17.2 Å². The quantitative estimate of drug-likeness (QED) is 0.909. The number of aromatic nitrogens is 2. The number of hydrogen-bond acceptors (Lipinski definition) is 5. The third kappa shape index (κ3) is 4.24. The summed E-state index contributed by atoms with van der Waals surface area (Å²) in [6.45, 7) is 5.47. The maximum Gasteiger partial charge on any atom is 0.222 e. The molecule has 21 heavy (non-hydrogen) atoms. The number of hydrogen-bond donors (Lipinski definition) is 1. The molecule has 5 heteroatoms. The normalized spacial score (nSPS) is 15.8. The minimum atomic E-state index is 0.662. The SMILES string of the molecule is c1cnc(NCc2ccc(CN3CCOCC3)cc2)nc1. The second-order valence-corrected chi connectivity index (χ2v) is 5.13. The molecule has 1 saturated heterocycles. The highest BCUT2D eigenvalue weighted by molar-refractivity contribution is 5.28. The van der Waals surface area contributed by atoms with Crippen molar-refractivity contribution < 1.29 is 4.74 Å². The zero-order valence-corrected chi connectivity index (χ0v) is 12.0. The van der Waals surface area contributed by atoms with Crippen molar-refractivity contribution in [2.75, 3.05) is 31.6 Å². The van der Waals surface area contributed by atoms with E-state index in [9.17, 15) is 0 Å². The summed E-state index contributed by atoms with van der Waals surface area (Å²) in [5.41, 5.74) is 2.57. The molecule has 1 aromatic heterocycles. The van der Waals surface area contributed by atoms with Crippen molar-refractivity contribution >= 4 is 5.95 Å². The number of ether oxygens (including phenoxy) is 1. The molecule has 1 aliphatic heterocycles. The van der Waals surface area contributed by atoms with E-state index in [1.165, 1.54) is 11.1 Å². The first-order chi connectivity index (χ1) is 10.4. The average molecular weight is 284 g/mol. The summed E-state index contributed by atoms with van der Waals surface area (Å²) < 4.78 is 5.37. The largest absolute Gasteiger partial charge is 0.379 e. The Hall–Kier alpha value is -1.98. The van der Waals surface area contributed by atoms with Gasteiger partial charge in [-0.2, -0.15) is 0 Å².